The first-order valence-corrected chi connectivity index (χ1v) is 8.56. The van der Waals surface area contributed by atoms with E-state index < -0.39 is 11.7 Å². The lowest BCUT2D eigenvalue weighted by Gasteiger charge is -2.32. The number of hydrogen-bond donors (Lipinski definition) is 1. The standard InChI is InChI=1S/C18H20N2O5/c21-15(6-7-17(23)24)19-9-8-18-14(19)10-16(22)20(18)11-13(25-18)12-4-2-1-3-5-12/h1-5,13-14H,6-11H2,(H,23,24)/t13-,14-,18+/m1/s1. The van der Waals surface area contributed by atoms with Gasteiger partial charge in [-0.2, -0.15) is 0 Å². The van der Waals surface area contributed by atoms with Crippen molar-refractivity contribution in [3.05, 3.63) is 35.9 Å². The maximum absolute atomic E-state index is 12.5. The molecule has 25 heavy (non-hydrogen) atoms. The molecule has 0 bridgehead atoms. The SMILES string of the molecule is O=C(O)CCC(=O)N1CC[C@@]23O[C@@H](c4ccccc4)CN2C(=O)C[C@@H]13. The molecule has 132 valence electrons. The molecular weight excluding hydrogens is 324 g/mol. The Bertz CT molecular complexity index is 721. The van der Waals surface area contributed by atoms with Gasteiger partial charge in [-0.15, -0.1) is 0 Å². The first-order valence-electron chi connectivity index (χ1n) is 8.56. The van der Waals surface area contributed by atoms with Crippen molar-refractivity contribution in [2.75, 3.05) is 13.1 Å². The molecule has 1 aromatic carbocycles. The summed E-state index contributed by atoms with van der Waals surface area (Å²) in [5.41, 5.74) is 0.268. The van der Waals surface area contributed by atoms with E-state index in [0.717, 1.165) is 5.56 Å². The van der Waals surface area contributed by atoms with E-state index in [1.165, 1.54) is 0 Å². The summed E-state index contributed by atoms with van der Waals surface area (Å²) in [6.07, 6.45) is 0.395. The third-order valence-electron chi connectivity index (χ3n) is 5.47. The zero-order chi connectivity index (χ0) is 17.6. The highest BCUT2D eigenvalue weighted by Gasteiger charge is 2.64. The fourth-order valence-corrected chi connectivity index (χ4v) is 4.32. The van der Waals surface area contributed by atoms with Crippen LogP contribution in [-0.4, -0.2) is 57.5 Å². The van der Waals surface area contributed by atoms with E-state index in [1.807, 2.05) is 30.3 Å². The molecule has 1 spiro atoms. The van der Waals surface area contributed by atoms with Crippen molar-refractivity contribution in [2.24, 2.45) is 0 Å². The molecular formula is C18H20N2O5. The van der Waals surface area contributed by atoms with Crippen molar-refractivity contribution in [3.63, 3.8) is 0 Å². The van der Waals surface area contributed by atoms with Gasteiger partial charge in [0.1, 0.15) is 6.10 Å². The van der Waals surface area contributed by atoms with Gasteiger partial charge < -0.3 is 19.6 Å². The van der Waals surface area contributed by atoms with Crippen molar-refractivity contribution >= 4 is 17.8 Å². The second-order valence-electron chi connectivity index (χ2n) is 6.82. The van der Waals surface area contributed by atoms with Gasteiger partial charge in [-0.05, 0) is 5.56 Å². The van der Waals surface area contributed by atoms with E-state index in [-0.39, 0.29) is 43.2 Å². The Labute approximate surface area is 145 Å². The molecule has 0 saturated carbocycles. The van der Waals surface area contributed by atoms with Crippen LogP contribution in [0, 0.1) is 0 Å². The van der Waals surface area contributed by atoms with Gasteiger partial charge >= 0.3 is 5.97 Å². The second kappa shape index (κ2) is 5.84. The van der Waals surface area contributed by atoms with Crippen molar-refractivity contribution in [3.8, 4) is 0 Å². The fraction of sp³-hybridized carbons (Fsp3) is 0.500. The molecule has 3 atom stereocenters. The van der Waals surface area contributed by atoms with E-state index in [0.29, 0.717) is 19.5 Å². The number of likely N-dealkylation sites (tertiary alicyclic amines) is 1. The van der Waals surface area contributed by atoms with Crippen LogP contribution in [0.4, 0.5) is 0 Å². The number of ether oxygens (including phenoxy) is 1. The molecule has 1 aromatic rings. The van der Waals surface area contributed by atoms with E-state index in [9.17, 15) is 14.4 Å². The van der Waals surface area contributed by atoms with Gasteiger partial charge in [-0.25, -0.2) is 0 Å². The Kier molecular flexibility index (Phi) is 3.76. The number of carbonyl (C=O) groups excluding carboxylic acids is 2. The van der Waals surface area contributed by atoms with Crippen molar-refractivity contribution in [1.82, 2.24) is 9.80 Å². The van der Waals surface area contributed by atoms with Crippen LogP contribution in [0.2, 0.25) is 0 Å². The molecule has 3 aliphatic heterocycles. The minimum absolute atomic E-state index is 0.000772. The number of benzene rings is 1. The molecule has 3 aliphatic rings. The largest absolute Gasteiger partial charge is 0.481 e. The molecule has 7 nitrogen and oxygen atoms in total. The number of amides is 2. The lowest BCUT2D eigenvalue weighted by Crippen LogP contribution is -2.48. The van der Waals surface area contributed by atoms with Gasteiger partial charge in [0.15, 0.2) is 5.72 Å². The summed E-state index contributed by atoms with van der Waals surface area (Å²) in [5, 5.41) is 8.79. The second-order valence-corrected chi connectivity index (χ2v) is 6.82. The van der Waals surface area contributed by atoms with Gasteiger partial charge in [0.05, 0.1) is 25.4 Å². The highest BCUT2D eigenvalue weighted by molar-refractivity contribution is 5.86. The maximum atomic E-state index is 12.5. The number of carboxylic acids is 1. The Morgan fingerprint density at radius 1 is 1.24 bits per heavy atom. The van der Waals surface area contributed by atoms with Crippen LogP contribution in [0.25, 0.3) is 0 Å². The van der Waals surface area contributed by atoms with Gasteiger partial charge in [0, 0.05) is 19.4 Å². The highest BCUT2D eigenvalue weighted by atomic mass is 16.5. The summed E-state index contributed by atoms with van der Waals surface area (Å²) in [7, 11) is 0. The van der Waals surface area contributed by atoms with Gasteiger partial charge in [-0.1, -0.05) is 30.3 Å². The summed E-state index contributed by atoms with van der Waals surface area (Å²) in [6, 6.07) is 9.45. The van der Waals surface area contributed by atoms with Crippen LogP contribution < -0.4 is 0 Å². The van der Waals surface area contributed by atoms with Gasteiger partial charge in [0.2, 0.25) is 11.8 Å². The first-order chi connectivity index (χ1) is 12.0. The van der Waals surface area contributed by atoms with E-state index in [1.54, 1.807) is 9.80 Å². The van der Waals surface area contributed by atoms with Crippen molar-refractivity contribution in [2.45, 2.75) is 43.6 Å². The first kappa shape index (κ1) is 16.1. The third-order valence-corrected chi connectivity index (χ3v) is 5.47. The average Bonchev–Trinajstić information content (AvgIpc) is 3.22. The molecule has 3 heterocycles. The Balaban J connectivity index is 1.55. The molecule has 0 unspecified atom stereocenters. The van der Waals surface area contributed by atoms with E-state index >= 15 is 0 Å². The van der Waals surface area contributed by atoms with Crippen molar-refractivity contribution in [1.29, 1.82) is 0 Å². The summed E-state index contributed by atoms with van der Waals surface area (Å²) >= 11 is 0. The van der Waals surface area contributed by atoms with Gasteiger partial charge in [0.25, 0.3) is 0 Å². The van der Waals surface area contributed by atoms with Crippen LogP contribution in [0.15, 0.2) is 30.3 Å². The minimum atomic E-state index is -0.993. The molecule has 3 saturated heterocycles. The Hall–Kier alpha value is -2.41. The smallest absolute Gasteiger partial charge is 0.303 e. The van der Waals surface area contributed by atoms with Gasteiger partial charge in [-0.3, -0.25) is 14.4 Å². The summed E-state index contributed by atoms with van der Waals surface area (Å²) in [4.78, 5) is 39.0. The molecule has 0 aliphatic carbocycles. The third kappa shape index (κ3) is 2.50. The number of nitrogens with zero attached hydrogens (tertiary/aromatic N) is 2. The van der Waals surface area contributed by atoms with Crippen LogP contribution in [0.1, 0.15) is 37.4 Å². The predicted octanol–water partition coefficient (Wildman–Crippen LogP) is 1.15. The Morgan fingerprint density at radius 3 is 2.72 bits per heavy atom. The summed E-state index contributed by atoms with van der Waals surface area (Å²) in [5.74, 6) is -1.21. The zero-order valence-electron chi connectivity index (χ0n) is 13.8. The molecule has 4 rings (SSSR count). The maximum Gasteiger partial charge on any atom is 0.303 e. The summed E-state index contributed by atoms with van der Waals surface area (Å²) < 4.78 is 6.35. The Morgan fingerprint density at radius 2 is 2.00 bits per heavy atom. The molecule has 7 heteroatoms. The van der Waals surface area contributed by atoms with Crippen LogP contribution >= 0.6 is 0 Å². The molecule has 0 radical (unpaired) electrons. The van der Waals surface area contributed by atoms with E-state index in [4.69, 9.17) is 9.84 Å². The lowest BCUT2D eigenvalue weighted by molar-refractivity contribution is -0.144. The topological polar surface area (TPSA) is 87.2 Å². The number of aliphatic carboxylic acids is 1. The number of hydrogen-bond acceptors (Lipinski definition) is 4. The molecule has 3 fully saturated rings. The monoisotopic (exact) mass is 344 g/mol. The zero-order valence-corrected chi connectivity index (χ0v) is 13.8. The normalized spacial score (nSPS) is 30.5. The highest BCUT2D eigenvalue weighted by Crippen LogP contribution is 2.50. The molecule has 1 N–H and O–H groups in total. The number of carboxylic acid groups (broad SMARTS) is 1. The summed E-state index contributed by atoms with van der Waals surface area (Å²) in [6.45, 7) is 0.991. The number of carbonyl (C=O) groups is 3. The average molecular weight is 344 g/mol. The van der Waals surface area contributed by atoms with Crippen LogP contribution in [0.3, 0.4) is 0 Å². The molecule has 0 aromatic heterocycles. The number of rotatable bonds is 4. The van der Waals surface area contributed by atoms with Crippen molar-refractivity contribution < 1.29 is 24.2 Å². The van der Waals surface area contributed by atoms with Crippen LogP contribution in [0.5, 0.6) is 0 Å². The lowest BCUT2D eigenvalue weighted by atomic mass is 10.1. The van der Waals surface area contributed by atoms with E-state index in [2.05, 4.69) is 0 Å². The predicted molar refractivity (Wildman–Crippen MR) is 86.3 cm³/mol. The molecule has 2 amide bonds. The van der Waals surface area contributed by atoms with Crippen LogP contribution in [-0.2, 0) is 19.1 Å². The quantitative estimate of drug-likeness (QED) is 0.885. The minimum Gasteiger partial charge on any atom is -0.481 e. The fourth-order valence-electron chi connectivity index (χ4n) is 4.32.